The summed E-state index contributed by atoms with van der Waals surface area (Å²) in [5.41, 5.74) is 5.27. The van der Waals surface area contributed by atoms with E-state index in [1.165, 1.54) is 0 Å². The molecular formula is C7H13N3OS2. The van der Waals surface area contributed by atoms with Gasteiger partial charge in [-0.15, -0.1) is 10.2 Å². The van der Waals surface area contributed by atoms with Crippen LogP contribution in [0.2, 0.25) is 0 Å². The molecule has 0 radical (unpaired) electrons. The molecule has 1 aromatic rings. The lowest BCUT2D eigenvalue weighted by atomic mass is 10.3. The summed E-state index contributed by atoms with van der Waals surface area (Å²) in [4.78, 5) is 0. The fraction of sp³-hybridized carbons (Fsp3) is 0.714. The van der Waals surface area contributed by atoms with Gasteiger partial charge in [-0.3, -0.25) is 0 Å². The molecule has 0 bridgehead atoms. The largest absolute Gasteiger partial charge is 0.392 e. The van der Waals surface area contributed by atoms with Crippen molar-refractivity contribution in [3.05, 3.63) is 5.01 Å². The Morgan fingerprint density at radius 3 is 2.92 bits per heavy atom. The van der Waals surface area contributed by atoms with Gasteiger partial charge >= 0.3 is 0 Å². The Hall–Kier alpha value is -0.170. The predicted molar refractivity (Wildman–Crippen MR) is 55.0 cm³/mol. The molecule has 0 aromatic carbocycles. The van der Waals surface area contributed by atoms with Crippen molar-refractivity contribution in [2.45, 2.75) is 23.8 Å². The second kappa shape index (κ2) is 5.54. The second-order valence-corrected chi connectivity index (χ2v) is 5.14. The zero-order valence-corrected chi connectivity index (χ0v) is 9.07. The minimum Gasteiger partial charge on any atom is -0.392 e. The van der Waals surface area contributed by atoms with Crippen molar-refractivity contribution in [1.82, 2.24) is 10.2 Å². The maximum Gasteiger partial charge on any atom is 0.174 e. The smallest absolute Gasteiger partial charge is 0.174 e. The summed E-state index contributed by atoms with van der Waals surface area (Å²) in [6, 6.07) is 0. The Bertz CT molecular complexity index is 254. The molecule has 0 fully saturated rings. The van der Waals surface area contributed by atoms with E-state index < -0.39 is 0 Å². The summed E-state index contributed by atoms with van der Waals surface area (Å²) in [6.07, 6.45) is 0.321. The molecule has 4 nitrogen and oxygen atoms in total. The van der Waals surface area contributed by atoms with Crippen molar-refractivity contribution in [2.75, 3.05) is 12.3 Å². The van der Waals surface area contributed by atoms with E-state index in [-0.39, 0.29) is 6.10 Å². The lowest BCUT2D eigenvalue weighted by molar-refractivity contribution is 0.180. The number of aliphatic hydroxyl groups excluding tert-OH is 1. The van der Waals surface area contributed by atoms with Crippen molar-refractivity contribution in [1.29, 1.82) is 0 Å². The van der Waals surface area contributed by atoms with E-state index in [0.29, 0.717) is 13.0 Å². The highest BCUT2D eigenvalue weighted by Crippen LogP contribution is 2.22. The van der Waals surface area contributed by atoms with Crippen LogP contribution in [0.25, 0.3) is 0 Å². The summed E-state index contributed by atoms with van der Waals surface area (Å²) in [5.74, 6) is 0.840. The van der Waals surface area contributed by atoms with Gasteiger partial charge in [0.25, 0.3) is 0 Å². The van der Waals surface area contributed by atoms with Crippen LogP contribution in [0.4, 0.5) is 0 Å². The summed E-state index contributed by atoms with van der Waals surface area (Å²) >= 11 is 3.19. The number of aliphatic hydroxyl groups is 1. The van der Waals surface area contributed by atoms with Crippen molar-refractivity contribution < 1.29 is 5.11 Å². The third-order valence-electron chi connectivity index (χ3n) is 1.46. The van der Waals surface area contributed by atoms with Crippen LogP contribution in [0, 0.1) is 6.92 Å². The molecule has 0 amide bonds. The number of hydrogen-bond donors (Lipinski definition) is 2. The first kappa shape index (κ1) is 10.9. The fourth-order valence-corrected chi connectivity index (χ4v) is 2.66. The normalized spacial score (nSPS) is 13.2. The average Bonchev–Trinajstić information content (AvgIpc) is 2.51. The van der Waals surface area contributed by atoms with Crippen LogP contribution >= 0.6 is 23.1 Å². The van der Waals surface area contributed by atoms with Crippen LogP contribution in [0.15, 0.2) is 4.34 Å². The van der Waals surface area contributed by atoms with Gasteiger partial charge in [0.1, 0.15) is 5.01 Å². The molecule has 0 spiro atoms. The van der Waals surface area contributed by atoms with E-state index in [1.54, 1.807) is 23.1 Å². The van der Waals surface area contributed by atoms with E-state index in [1.807, 2.05) is 6.92 Å². The molecule has 1 atom stereocenters. The maximum atomic E-state index is 9.17. The average molecular weight is 219 g/mol. The summed E-state index contributed by atoms with van der Waals surface area (Å²) in [6.45, 7) is 2.26. The molecule has 74 valence electrons. The number of aryl methyl sites for hydroxylation is 1. The Kier molecular flexibility index (Phi) is 4.65. The molecule has 0 saturated carbocycles. The van der Waals surface area contributed by atoms with Gasteiger partial charge in [0.2, 0.25) is 0 Å². The standard InChI is InChI=1S/C7H13N3OS2/c1-5-9-10-7(13-5)12-3-2-6(11)4-8/h6,11H,2-4,8H2,1H3. The van der Waals surface area contributed by atoms with E-state index in [4.69, 9.17) is 5.73 Å². The van der Waals surface area contributed by atoms with Crippen LogP contribution in [-0.4, -0.2) is 33.7 Å². The second-order valence-electron chi connectivity index (χ2n) is 2.61. The number of thioether (sulfide) groups is 1. The van der Waals surface area contributed by atoms with Crippen molar-refractivity contribution in [3.63, 3.8) is 0 Å². The van der Waals surface area contributed by atoms with Crippen molar-refractivity contribution >= 4 is 23.1 Å². The van der Waals surface area contributed by atoms with Gasteiger partial charge in [-0.2, -0.15) is 0 Å². The fourth-order valence-electron chi connectivity index (χ4n) is 0.737. The topological polar surface area (TPSA) is 72.0 Å². The van der Waals surface area contributed by atoms with Gasteiger partial charge in [-0.05, 0) is 13.3 Å². The lowest BCUT2D eigenvalue weighted by Crippen LogP contribution is -2.19. The van der Waals surface area contributed by atoms with E-state index in [9.17, 15) is 5.11 Å². The molecule has 0 aliphatic heterocycles. The quantitative estimate of drug-likeness (QED) is 0.711. The van der Waals surface area contributed by atoms with Gasteiger partial charge in [-0.25, -0.2) is 0 Å². The first-order chi connectivity index (χ1) is 6.22. The SMILES string of the molecule is Cc1nnc(SCCC(O)CN)s1. The van der Waals surface area contributed by atoms with Crippen molar-refractivity contribution in [3.8, 4) is 0 Å². The zero-order chi connectivity index (χ0) is 9.68. The highest BCUT2D eigenvalue weighted by atomic mass is 32.2. The van der Waals surface area contributed by atoms with Crippen LogP contribution in [0.5, 0.6) is 0 Å². The number of aromatic nitrogens is 2. The molecule has 0 saturated heterocycles. The van der Waals surface area contributed by atoms with E-state index in [2.05, 4.69) is 10.2 Å². The predicted octanol–water partition coefficient (Wildman–Crippen LogP) is 0.648. The Morgan fingerprint density at radius 2 is 2.38 bits per heavy atom. The molecule has 6 heteroatoms. The van der Waals surface area contributed by atoms with Gasteiger partial charge in [0, 0.05) is 12.3 Å². The monoisotopic (exact) mass is 219 g/mol. The molecule has 1 rings (SSSR count). The van der Waals surface area contributed by atoms with Gasteiger partial charge in [-0.1, -0.05) is 23.1 Å². The zero-order valence-electron chi connectivity index (χ0n) is 7.43. The minimum atomic E-state index is -0.387. The Balaban J connectivity index is 2.20. The third kappa shape index (κ3) is 4.04. The minimum absolute atomic E-state index is 0.329. The van der Waals surface area contributed by atoms with Crippen molar-refractivity contribution in [2.24, 2.45) is 5.73 Å². The molecular weight excluding hydrogens is 206 g/mol. The van der Waals surface area contributed by atoms with Crippen LogP contribution in [0.3, 0.4) is 0 Å². The number of hydrogen-bond acceptors (Lipinski definition) is 6. The first-order valence-corrected chi connectivity index (χ1v) is 5.83. The highest BCUT2D eigenvalue weighted by molar-refractivity contribution is 8.01. The number of nitrogens with two attached hydrogens (primary N) is 1. The van der Waals surface area contributed by atoms with Crippen LogP contribution < -0.4 is 5.73 Å². The van der Waals surface area contributed by atoms with Crippen LogP contribution in [0.1, 0.15) is 11.4 Å². The van der Waals surface area contributed by atoms with E-state index >= 15 is 0 Å². The third-order valence-corrected chi connectivity index (χ3v) is 3.46. The molecule has 13 heavy (non-hydrogen) atoms. The maximum absolute atomic E-state index is 9.17. The molecule has 0 aliphatic rings. The molecule has 1 unspecified atom stereocenters. The summed E-state index contributed by atoms with van der Waals surface area (Å²) in [5, 5.41) is 18.0. The summed E-state index contributed by atoms with van der Waals surface area (Å²) < 4.78 is 0.960. The lowest BCUT2D eigenvalue weighted by Gasteiger charge is -2.04. The Labute approximate surface area is 85.6 Å². The highest BCUT2D eigenvalue weighted by Gasteiger charge is 2.04. The van der Waals surface area contributed by atoms with Gasteiger partial charge in [0.15, 0.2) is 4.34 Å². The molecule has 3 N–H and O–H groups in total. The number of rotatable bonds is 5. The first-order valence-electron chi connectivity index (χ1n) is 4.03. The molecule has 1 aromatic heterocycles. The van der Waals surface area contributed by atoms with E-state index in [0.717, 1.165) is 15.1 Å². The Morgan fingerprint density at radius 1 is 1.62 bits per heavy atom. The molecule has 1 heterocycles. The van der Waals surface area contributed by atoms with Gasteiger partial charge < -0.3 is 10.8 Å². The molecule has 0 aliphatic carbocycles. The van der Waals surface area contributed by atoms with Crippen LogP contribution in [-0.2, 0) is 0 Å². The number of nitrogens with zero attached hydrogens (tertiary/aromatic N) is 2. The summed E-state index contributed by atoms with van der Waals surface area (Å²) in [7, 11) is 0. The van der Waals surface area contributed by atoms with Gasteiger partial charge in [0.05, 0.1) is 6.10 Å².